The third-order valence-electron chi connectivity index (χ3n) is 2.32. The molecule has 0 aliphatic carbocycles. The van der Waals surface area contributed by atoms with Gasteiger partial charge in [-0.1, -0.05) is 0 Å². The molecule has 1 aliphatic rings. The molecule has 3 N–H and O–H groups in total. The molecule has 1 atom stereocenters. The normalized spacial score (nSPS) is 24.1. The lowest BCUT2D eigenvalue weighted by atomic mass is 9.98. The van der Waals surface area contributed by atoms with Crippen molar-refractivity contribution < 1.29 is 4.79 Å². The van der Waals surface area contributed by atoms with Gasteiger partial charge in [0.25, 0.3) is 0 Å². The van der Waals surface area contributed by atoms with Gasteiger partial charge in [0.1, 0.15) is 0 Å². The first-order valence-corrected chi connectivity index (χ1v) is 4.43. The van der Waals surface area contributed by atoms with Gasteiger partial charge in [-0.05, 0) is 32.4 Å². The topological polar surface area (TPSA) is 58.4 Å². The standard InChI is InChI=1S/C8H17N3O/c1-10-5-7-3-2-4-11(6-7)8(9)12/h7,10H,2-6H2,1H3,(H2,9,12). The predicted molar refractivity (Wildman–Crippen MR) is 47.8 cm³/mol. The Balaban J connectivity index is 2.35. The number of rotatable bonds is 2. The summed E-state index contributed by atoms with van der Waals surface area (Å²) in [6, 6.07) is -0.282. The van der Waals surface area contributed by atoms with Crippen molar-refractivity contribution in [2.24, 2.45) is 11.7 Å². The van der Waals surface area contributed by atoms with Crippen molar-refractivity contribution in [1.82, 2.24) is 10.2 Å². The molecule has 0 aromatic heterocycles. The number of carbonyl (C=O) groups is 1. The molecular weight excluding hydrogens is 154 g/mol. The Morgan fingerprint density at radius 1 is 1.75 bits per heavy atom. The summed E-state index contributed by atoms with van der Waals surface area (Å²) < 4.78 is 0. The van der Waals surface area contributed by atoms with Gasteiger partial charge in [-0.15, -0.1) is 0 Å². The van der Waals surface area contributed by atoms with E-state index in [9.17, 15) is 4.79 Å². The van der Waals surface area contributed by atoms with Crippen molar-refractivity contribution in [3.8, 4) is 0 Å². The van der Waals surface area contributed by atoms with Crippen molar-refractivity contribution >= 4 is 6.03 Å². The Morgan fingerprint density at radius 2 is 2.50 bits per heavy atom. The molecule has 2 amide bonds. The number of nitrogens with zero attached hydrogens (tertiary/aromatic N) is 1. The highest BCUT2D eigenvalue weighted by Crippen LogP contribution is 2.14. The zero-order valence-electron chi connectivity index (χ0n) is 7.55. The molecule has 1 heterocycles. The van der Waals surface area contributed by atoms with E-state index in [0.29, 0.717) is 5.92 Å². The Labute approximate surface area is 73.1 Å². The molecule has 0 radical (unpaired) electrons. The fourth-order valence-electron chi connectivity index (χ4n) is 1.72. The smallest absolute Gasteiger partial charge is 0.314 e. The summed E-state index contributed by atoms with van der Waals surface area (Å²) in [4.78, 5) is 12.6. The van der Waals surface area contributed by atoms with Gasteiger partial charge >= 0.3 is 6.03 Å². The Morgan fingerprint density at radius 3 is 3.08 bits per heavy atom. The first-order valence-electron chi connectivity index (χ1n) is 4.43. The van der Waals surface area contributed by atoms with Gasteiger partial charge in [0.2, 0.25) is 0 Å². The minimum atomic E-state index is -0.282. The Hall–Kier alpha value is -0.770. The summed E-state index contributed by atoms with van der Waals surface area (Å²) in [6.45, 7) is 2.62. The summed E-state index contributed by atoms with van der Waals surface area (Å²) in [5, 5.41) is 3.12. The second-order valence-corrected chi connectivity index (χ2v) is 3.35. The number of urea groups is 1. The van der Waals surface area contributed by atoms with Gasteiger partial charge in [-0.2, -0.15) is 0 Å². The molecule has 0 aromatic carbocycles. The molecule has 1 aliphatic heterocycles. The van der Waals surface area contributed by atoms with Crippen molar-refractivity contribution in [2.45, 2.75) is 12.8 Å². The van der Waals surface area contributed by atoms with Gasteiger partial charge < -0.3 is 16.0 Å². The largest absolute Gasteiger partial charge is 0.351 e. The van der Waals surface area contributed by atoms with E-state index in [2.05, 4.69) is 5.32 Å². The SMILES string of the molecule is CNCC1CCCN(C(N)=O)C1. The van der Waals surface area contributed by atoms with E-state index in [1.165, 1.54) is 6.42 Å². The molecule has 1 rings (SSSR count). The minimum absolute atomic E-state index is 0.282. The van der Waals surface area contributed by atoms with Crippen LogP contribution >= 0.6 is 0 Å². The maximum Gasteiger partial charge on any atom is 0.314 e. The van der Waals surface area contributed by atoms with Crippen LogP contribution in [0, 0.1) is 5.92 Å². The van der Waals surface area contributed by atoms with Gasteiger partial charge in [0.15, 0.2) is 0 Å². The molecule has 0 spiro atoms. The second kappa shape index (κ2) is 4.30. The summed E-state index contributed by atoms with van der Waals surface area (Å²) in [7, 11) is 1.93. The molecule has 0 saturated carbocycles. The number of carbonyl (C=O) groups excluding carboxylic acids is 1. The van der Waals surface area contributed by atoms with Crippen LogP contribution in [-0.2, 0) is 0 Å². The van der Waals surface area contributed by atoms with Crippen LogP contribution in [0.4, 0.5) is 4.79 Å². The third kappa shape index (κ3) is 2.37. The van der Waals surface area contributed by atoms with Crippen LogP contribution in [0.3, 0.4) is 0 Å². The molecule has 0 aromatic rings. The number of nitrogens with one attached hydrogen (secondary N) is 1. The number of amides is 2. The van der Waals surface area contributed by atoms with Crippen molar-refractivity contribution in [1.29, 1.82) is 0 Å². The maximum atomic E-state index is 10.8. The molecule has 70 valence electrons. The van der Waals surface area contributed by atoms with Crippen LogP contribution < -0.4 is 11.1 Å². The fourth-order valence-corrected chi connectivity index (χ4v) is 1.72. The zero-order chi connectivity index (χ0) is 8.97. The highest BCUT2D eigenvalue weighted by Gasteiger charge is 2.20. The number of likely N-dealkylation sites (tertiary alicyclic amines) is 1. The molecule has 4 nitrogen and oxygen atoms in total. The van der Waals surface area contributed by atoms with E-state index >= 15 is 0 Å². The number of primary amides is 1. The average molecular weight is 171 g/mol. The number of hydrogen-bond donors (Lipinski definition) is 2. The van der Waals surface area contributed by atoms with Gasteiger partial charge in [0.05, 0.1) is 0 Å². The lowest BCUT2D eigenvalue weighted by Crippen LogP contribution is -2.44. The van der Waals surface area contributed by atoms with E-state index in [0.717, 1.165) is 26.1 Å². The molecule has 1 unspecified atom stereocenters. The molecule has 1 fully saturated rings. The summed E-state index contributed by atoms with van der Waals surface area (Å²) in [5.41, 5.74) is 5.19. The monoisotopic (exact) mass is 171 g/mol. The molecular formula is C8H17N3O. The van der Waals surface area contributed by atoms with E-state index in [4.69, 9.17) is 5.73 Å². The maximum absolute atomic E-state index is 10.8. The third-order valence-corrected chi connectivity index (χ3v) is 2.32. The number of hydrogen-bond acceptors (Lipinski definition) is 2. The summed E-state index contributed by atoms with van der Waals surface area (Å²) in [6.07, 6.45) is 2.28. The van der Waals surface area contributed by atoms with E-state index in [1.54, 1.807) is 4.90 Å². The lowest BCUT2D eigenvalue weighted by molar-refractivity contribution is 0.173. The average Bonchev–Trinajstić information content (AvgIpc) is 2.05. The Bertz CT molecular complexity index is 158. The van der Waals surface area contributed by atoms with E-state index in [-0.39, 0.29) is 6.03 Å². The first kappa shape index (κ1) is 9.32. The second-order valence-electron chi connectivity index (χ2n) is 3.35. The predicted octanol–water partition coefficient (Wildman–Crippen LogP) is -0.00350. The summed E-state index contributed by atoms with van der Waals surface area (Å²) >= 11 is 0. The molecule has 1 saturated heterocycles. The van der Waals surface area contributed by atoms with Crippen molar-refractivity contribution in [2.75, 3.05) is 26.7 Å². The van der Waals surface area contributed by atoms with Gasteiger partial charge in [-0.25, -0.2) is 4.79 Å². The van der Waals surface area contributed by atoms with Crippen LogP contribution in [0.1, 0.15) is 12.8 Å². The minimum Gasteiger partial charge on any atom is -0.351 e. The highest BCUT2D eigenvalue weighted by atomic mass is 16.2. The lowest BCUT2D eigenvalue weighted by Gasteiger charge is -2.31. The van der Waals surface area contributed by atoms with Gasteiger partial charge in [0, 0.05) is 13.1 Å². The quantitative estimate of drug-likeness (QED) is 0.614. The first-order chi connectivity index (χ1) is 5.74. The van der Waals surface area contributed by atoms with E-state index in [1.807, 2.05) is 7.05 Å². The number of piperidine rings is 1. The Kier molecular flexibility index (Phi) is 3.34. The molecule has 0 bridgehead atoms. The van der Waals surface area contributed by atoms with E-state index < -0.39 is 0 Å². The van der Waals surface area contributed by atoms with Gasteiger partial charge in [-0.3, -0.25) is 0 Å². The molecule has 12 heavy (non-hydrogen) atoms. The van der Waals surface area contributed by atoms with Crippen LogP contribution in [0.25, 0.3) is 0 Å². The van der Waals surface area contributed by atoms with Crippen molar-refractivity contribution in [3.63, 3.8) is 0 Å². The van der Waals surface area contributed by atoms with Crippen molar-refractivity contribution in [3.05, 3.63) is 0 Å². The fraction of sp³-hybridized carbons (Fsp3) is 0.875. The van der Waals surface area contributed by atoms with Crippen LogP contribution in [0.5, 0.6) is 0 Å². The van der Waals surface area contributed by atoms with Crippen LogP contribution in [0.15, 0.2) is 0 Å². The number of nitrogens with two attached hydrogens (primary N) is 1. The zero-order valence-corrected chi connectivity index (χ0v) is 7.55. The van der Waals surface area contributed by atoms with Crippen LogP contribution in [-0.4, -0.2) is 37.6 Å². The summed E-state index contributed by atoms with van der Waals surface area (Å²) in [5.74, 6) is 0.580. The van der Waals surface area contributed by atoms with Crippen LogP contribution in [0.2, 0.25) is 0 Å². The molecule has 4 heteroatoms. The highest BCUT2D eigenvalue weighted by molar-refractivity contribution is 5.72.